The predicted octanol–water partition coefficient (Wildman–Crippen LogP) is 0.0781. The predicted molar refractivity (Wildman–Crippen MR) is 34.1 cm³/mol. The van der Waals surface area contributed by atoms with Gasteiger partial charge < -0.3 is 16.8 Å². The molecular formula is C4H3ClN2OS. The number of aromatic nitrogens is 2. The van der Waals surface area contributed by atoms with Crippen LogP contribution in [-0.2, 0) is 12.8 Å². The first-order chi connectivity index (χ1) is 4.25. The van der Waals surface area contributed by atoms with Crippen LogP contribution in [-0.4, -0.2) is 11.3 Å². The molecule has 0 unspecified atom stereocenters. The summed E-state index contributed by atoms with van der Waals surface area (Å²) in [6.07, 6.45) is 2.07. The minimum atomic E-state index is 0.287. The molecule has 0 saturated heterocycles. The summed E-state index contributed by atoms with van der Waals surface area (Å²) < 4.78 is 1.15. The van der Waals surface area contributed by atoms with E-state index in [1.807, 2.05) is 0 Å². The second-order valence-electron chi connectivity index (χ2n) is 1.41. The van der Waals surface area contributed by atoms with Crippen molar-refractivity contribution in [2.24, 2.45) is 0 Å². The summed E-state index contributed by atoms with van der Waals surface area (Å²) in [5.74, 6) is 0.287. The first kappa shape index (κ1) is 6.51. The number of rotatable bonds is 1. The lowest BCUT2D eigenvalue weighted by atomic mass is 10.7. The number of nitrogens with one attached hydrogen (secondary N) is 1. The van der Waals surface area contributed by atoms with Gasteiger partial charge in [0.1, 0.15) is 6.20 Å². The molecule has 0 aromatic carbocycles. The molecule has 1 rings (SSSR count). The lowest BCUT2D eigenvalue weighted by Gasteiger charge is -1.96. The molecule has 0 saturated carbocycles. The van der Waals surface area contributed by atoms with Gasteiger partial charge in [-0.25, -0.2) is 4.98 Å². The average Bonchev–Trinajstić information content (AvgIpc) is 2.15. The number of H-pyrrole nitrogens is 1. The summed E-state index contributed by atoms with van der Waals surface area (Å²) in [7, 11) is 0. The number of imidazole rings is 1. The summed E-state index contributed by atoms with van der Waals surface area (Å²) in [4.78, 5) is 12.6. The van der Waals surface area contributed by atoms with Crippen molar-refractivity contribution in [3.8, 4) is 0 Å². The summed E-state index contributed by atoms with van der Waals surface area (Å²) in [6.45, 7) is 0. The molecule has 1 N–H and O–H groups in total. The van der Waals surface area contributed by atoms with Gasteiger partial charge in [-0.1, -0.05) is 0 Å². The molecule has 0 amide bonds. The first-order valence-corrected chi connectivity index (χ1v) is 2.91. The van der Waals surface area contributed by atoms with Crippen molar-refractivity contribution < 1.29 is 8.77 Å². The van der Waals surface area contributed by atoms with E-state index in [0.717, 1.165) is 3.97 Å². The van der Waals surface area contributed by atoms with E-state index in [-0.39, 0.29) is 5.82 Å². The Morgan fingerprint density at radius 1 is 1.89 bits per heavy atom. The Morgan fingerprint density at radius 2 is 2.56 bits per heavy atom. The van der Waals surface area contributed by atoms with Crippen LogP contribution in [0.2, 0.25) is 5.15 Å². The minimum absolute atomic E-state index is 0.287. The van der Waals surface area contributed by atoms with Gasteiger partial charge in [-0.3, -0.25) is 4.79 Å². The SMILES string of the molecule is O=Cc1[nH]cc(Cl)[n+]1[S-]. The van der Waals surface area contributed by atoms with Gasteiger partial charge in [0.25, 0.3) is 0 Å². The molecule has 0 bridgehead atoms. The third-order valence-corrected chi connectivity index (χ3v) is 1.64. The molecule has 0 atom stereocenters. The van der Waals surface area contributed by atoms with Crippen molar-refractivity contribution in [1.82, 2.24) is 4.98 Å². The number of hydrogen-bond acceptors (Lipinski definition) is 2. The highest BCUT2D eigenvalue weighted by molar-refractivity contribution is 7.51. The number of halogens is 1. The van der Waals surface area contributed by atoms with E-state index in [4.69, 9.17) is 11.6 Å². The van der Waals surface area contributed by atoms with E-state index >= 15 is 0 Å². The quantitative estimate of drug-likeness (QED) is 0.361. The zero-order valence-corrected chi connectivity index (χ0v) is 5.87. The number of aromatic amines is 1. The third kappa shape index (κ3) is 1.04. The Hall–Kier alpha value is -0.610. The summed E-state index contributed by atoms with van der Waals surface area (Å²) in [5, 5.41) is 0.340. The molecule has 3 nitrogen and oxygen atoms in total. The Balaban J connectivity index is 3.18. The molecule has 0 spiro atoms. The van der Waals surface area contributed by atoms with Gasteiger partial charge in [-0.15, -0.1) is 0 Å². The van der Waals surface area contributed by atoms with Crippen LogP contribution in [0.4, 0.5) is 0 Å². The maximum absolute atomic E-state index is 10.1. The van der Waals surface area contributed by atoms with Crippen LogP contribution in [0, 0.1) is 0 Å². The van der Waals surface area contributed by atoms with E-state index < -0.39 is 0 Å². The molecule has 1 aromatic rings. The lowest BCUT2D eigenvalue weighted by molar-refractivity contribution is -0.490. The molecule has 0 aliphatic carbocycles. The first-order valence-electron chi connectivity index (χ1n) is 2.17. The van der Waals surface area contributed by atoms with Crippen molar-refractivity contribution in [2.45, 2.75) is 0 Å². The Bertz CT molecular complexity index is 234. The summed E-state index contributed by atoms with van der Waals surface area (Å²) in [6, 6.07) is 0. The Morgan fingerprint density at radius 3 is 2.78 bits per heavy atom. The monoisotopic (exact) mass is 162 g/mol. The number of carbonyl (C=O) groups excluding carboxylic acids is 1. The zero-order valence-electron chi connectivity index (χ0n) is 4.30. The highest BCUT2D eigenvalue weighted by Crippen LogP contribution is 1.97. The van der Waals surface area contributed by atoms with Crippen LogP contribution in [0.5, 0.6) is 0 Å². The maximum atomic E-state index is 10.1. The van der Waals surface area contributed by atoms with Crippen LogP contribution < -0.4 is 3.97 Å². The van der Waals surface area contributed by atoms with Crippen molar-refractivity contribution in [1.29, 1.82) is 0 Å². The normalized spacial score (nSPS) is 9.44. The molecule has 1 aromatic heterocycles. The molecule has 0 aliphatic heterocycles. The average molecular weight is 163 g/mol. The van der Waals surface area contributed by atoms with Crippen molar-refractivity contribution in [2.75, 3.05) is 0 Å². The van der Waals surface area contributed by atoms with Gasteiger partial charge >= 0.3 is 5.82 Å². The number of nitrogens with zero attached hydrogens (tertiary/aromatic N) is 1. The largest absolute Gasteiger partial charge is 0.553 e. The van der Waals surface area contributed by atoms with Crippen LogP contribution in [0.1, 0.15) is 10.6 Å². The number of carbonyl (C=O) groups is 1. The lowest BCUT2D eigenvalue weighted by Crippen LogP contribution is -2.30. The van der Waals surface area contributed by atoms with Crippen LogP contribution in [0.15, 0.2) is 6.20 Å². The van der Waals surface area contributed by atoms with Gasteiger partial charge in [-0.05, 0) is 11.6 Å². The van der Waals surface area contributed by atoms with Gasteiger partial charge in [0.15, 0.2) is 0 Å². The summed E-state index contributed by atoms with van der Waals surface area (Å²) in [5.41, 5.74) is 0. The number of aldehydes is 1. The van der Waals surface area contributed by atoms with Crippen LogP contribution in [0.3, 0.4) is 0 Å². The Labute approximate surface area is 62.2 Å². The standard InChI is InChI=1S/C4H3ClN2OS/c5-3-1-6-4(2-8)7(3)9/h1-2,6H. The van der Waals surface area contributed by atoms with Crippen molar-refractivity contribution in [3.05, 3.63) is 17.2 Å². The highest BCUT2D eigenvalue weighted by Gasteiger charge is 2.04. The van der Waals surface area contributed by atoms with Crippen molar-refractivity contribution >= 4 is 30.7 Å². The second kappa shape index (κ2) is 2.33. The van der Waals surface area contributed by atoms with Gasteiger partial charge in [0.05, 0.1) is 0 Å². The van der Waals surface area contributed by atoms with Crippen molar-refractivity contribution in [3.63, 3.8) is 0 Å². The van der Waals surface area contributed by atoms with Crippen LogP contribution >= 0.6 is 11.6 Å². The number of hydrogen-bond donors (Lipinski definition) is 1. The highest BCUT2D eigenvalue weighted by atomic mass is 35.5. The van der Waals surface area contributed by atoms with E-state index in [1.54, 1.807) is 0 Å². The molecule has 0 aliphatic rings. The fourth-order valence-electron chi connectivity index (χ4n) is 0.448. The fraction of sp³-hybridized carbons (Fsp3) is 0. The van der Waals surface area contributed by atoms with E-state index in [9.17, 15) is 4.79 Å². The Kier molecular flexibility index (Phi) is 1.68. The molecule has 1 heterocycles. The molecule has 9 heavy (non-hydrogen) atoms. The van der Waals surface area contributed by atoms with E-state index in [1.165, 1.54) is 6.20 Å². The zero-order chi connectivity index (χ0) is 6.85. The van der Waals surface area contributed by atoms with Gasteiger partial charge in [0, 0.05) is 0 Å². The fourth-order valence-corrected chi connectivity index (χ4v) is 0.742. The second-order valence-corrected chi connectivity index (χ2v) is 2.16. The minimum Gasteiger partial charge on any atom is -0.553 e. The molecule has 0 radical (unpaired) electrons. The molecular weight excluding hydrogens is 160 g/mol. The molecule has 5 heteroatoms. The van der Waals surface area contributed by atoms with Gasteiger partial charge in [0.2, 0.25) is 11.4 Å². The summed E-state index contributed by atoms with van der Waals surface area (Å²) >= 11 is 10.1. The topological polar surface area (TPSA) is 36.7 Å². The molecule has 48 valence electrons. The maximum Gasteiger partial charge on any atom is 0.303 e. The van der Waals surface area contributed by atoms with E-state index in [2.05, 4.69) is 17.8 Å². The smallest absolute Gasteiger partial charge is 0.303 e. The third-order valence-electron chi connectivity index (χ3n) is 0.864. The van der Waals surface area contributed by atoms with Gasteiger partial charge in [-0.2, -0.15) is 0 Å². The molecule has 0 fully saturated rings. The van der Waals surface area contributed by atoms with E-state index in [0.29, 0.717) is 11.4 Å². The van der Waals surface area contributed by atoms with Crippen LogP contribution in [0.25, 0.3) is 0 Å².